The van der Waals surface area contributed by atoms with Crippen molar-refractivity contribution in [1.29, 1.82) is 0 Å². The molecule has 0 unspecified atom stereocenters. The van der Waals surface area contributed by atoms with Gasteiger partial charge in [0.05, 0.1) is 5.41 Å². The van der Waals surface area contributed by atoms with E-state index in [0.717, 1.165) is 30.4 Å². The quantitative estimate of drug-likeness (QED) is 0.857. The van der Waals surface area contributed by atoms with Crippen molar-refractivity contribution in [3.8, 4) is 0 Å². The summed E-state index contributed by atoms with van der Waals surface area (Å²) >= 11 is 0. The zero-order chi connectivity index (χ0) is 15.4. The van der Waals surface area contributed by atoms with Gasteiger partial charge in [0.1, 0.15) is 0 Å². The SMILES string of the molecule is C=CCNC(=O)[C@]1(c2ccccc2)CCCc2ccccc21. The fourth-order valence-electron chi connectivity index (χ4n) is 3.54. The summed E-state index contributed by atoms with van der Waals surface area (Å²) < 4.78 is 0. The second-order valence-corrected chi connectivity index (χ2v) is 5.78. The van der Waals surface area contributed by atoms with E-state index in [1.807, 2.05) is 24.3 Å². The summed E-state index contributed by atoms with van der Waals surface area (Å²) in [5.74, 6) is 0.0748. The maximum atomic E-state index is 13.1. The fraction of sp³-hybridized carbons (Fsp3) is 0.250. The molecule has 112 valence electrons. The maximum Gasteiger partial charge on any atom is 0.235 e. The summed E-state index contributed by atoms with van der Waals surface area (Å²) in [6.07, 6.45) is 4.63. The van der Waals surface area contributed by atoms with Crippen LogP contribution in [0, 0.1) is 0 Å². The number of aryl methyl sites for hydroxylation is 1. The van der Waals surface area contributed by atoms with E-state index in [2.05, 4.69) is 42.2 Å². The lowest BCUT2D eigenvalue weighted by Gasteiger charge is -2.38. The van der Waals surface area contributed by atoms with Crippen molar-refractivity contribution in [2.24, 2.45) is 0 Å². The van der Waals surface area contributed by atoms with Crippen LogP contribution in [-0.2, 0) is 16.6 Å². The number of hydrogen-bond acceptors (Lipinski definition) is 1. The Morgan fingerprint density at radius 3 is 2.64 bits per heavy atom. The number of fused-ring (bicyclic) bond motifs is 1. The second kappa shape index (κ2) is 6.18. The molecule has 0 bridgehead atoms. The van der Waals surface area contributed by atoms with Crippen molar-refractivity contribution < 1.29 is 4.79 Å². The molecule has 2 aromatic rings. The highest BCUT2D eigenvalue weighted by atomic mass is 16.2. The lowest BCUT2D eigenvalue weighted by atomic mass is 9.65. The van der Waals surface area contributed by atoms with Crippen LogP contribution in [0.3, 0.4) is 0 Å². The van der Waals surface area contributed by atoms with Crippen molar-refractivity contribution in [2.45, 2.75) is 24.7 Å². The first-order valence-corrected chi connectivity index (χ1v) is 7.82. The summed E-state index contributed by atoms with van der Waals surface area (Å²) in [6.45, 7) is 4.20. The van der Waals surface area contributed by atoms with Gasteiger partial charge in [0.25, 0.3) is 0 Å². The van der Waals surface area contributed by atoms with Gasteiger partial charge in [-0.2, -0.15) is 0 Å². The van der Waals surface area contributed by atoms with Crippen molar-refractivity contribution in [3.05, 3.63) is 83.9 Å². The zero-order valence-corrected chi connectivity index (χ0v) is 12.7. The van der Waals surface area contributed by atoms with Gasteiger partial charge in [-0.1, -0.05) is 60.7 Å². The maximum absolute atomic E-state index is 13.1. The average Bonchev–Trinajstić information content (AvgIpc) is 2.59. The summed E-state index contributed by atoms with van der Waals surface area (Å²) in [6, 6.07) is 18.5. The number of hydrogen-bond donors (Lipinski definition) is 1. The molecule has 0 aromatic heterocycles. The van der Waals surface area contributed by atoms with Crippen LogP contribution >= 0.6 is 0 Å². The zero-order valence-electron chi connectivity index (χ0n) is 12.7. The fourth-order valence-corrected chi connectivity index (χ4v) is 3.54. The Kier molecular flexibility index (Phi) is 4.10. The minimum atomic E-state index is -0.584. The summed E-state index contributed by atoms with van der Waals surface area (Å²) in [5, 5.41) is 3.03. The molecule has 0 spiro atoms. The van der Waals surface area contributed by atoms with Crippen molar-refractivity contribution >= 4 is 5.91 Å². The van der Waals surface area contributed by atoms with E-state index < -0.39 is 5.41 Å². The van der Waals surface area contributed by atoms with Crippen LogP contribution in [-0.4, -0.2) is 12.5 Å². The van der Waals surface area contributed by atoms with Crippen LogP contribution in [0.1, 0.15) is 29.5 Å². The Morgan fingerprint density at radius 2 is 1.86 bits per heavy atom. The molecule has 1 aliphatic carbocycles. The molecule has 2 nitrogen and oxygen atoms in total. The third kappa shape index (κ3) is 2.35. The van der Waals surface area contributed by atoms with Gasteiger partial charge in [0, 0.05) is 6.54 Å². The van der Waals surface area contributed by atoms with Gasteiger partial charge in [-0.3, -0.25) is 4.79 Å². The molecule has 3 rings (SSSR count). The van der Waals surface area contributed by atoms with Gasteiger partial charge in [-0.05, 0) is 36.0 Å². The monoisotopic (exact) mass is 291 g/mol. The van der Waals surface area contributed by atoms with Crippen LogP contribution < -0.4 is 5.32 Å². The van der Waals surface area contributed by atoms with E-state index in [4.69, 9.17) is 0 Å². The predicted octanol–water partition coefficient (Wildman–Crippen LogP) is 3.61. The molecule has 0 saturated carbocycles. The van der Waals surface area contributed by atoms with Crippen molar-refractivity contribution in [3.63, 3.8) is 0 Å². The summed E-state index contributed by atoms with van der Waals surface area (Å²) in [4.78, 5) is 13.1. The minimum Gasteiger partial charge on any atom is -0.352 e. The molecule has 0 saturated heterocycles. The highest BCUT2D eigenvalue weighted by molar-refractivity contribution is 5.93. The van der Waals surface area contributed by atoms with E-state index in [0.29, 0.717) is 6.54 Å². The van der Waals surface area contributed by atoms with Gasteiger partial charge in [0.15, 0.2) is 0 Å². The number of amides is 1. The molecule has 1 aliphatic rings. The lowest BCUT2D eigenvalue weighted by molar-refractivity contribution is -0.125. The van der Waals surface area contributed by atoms with Crippen LogP contribution in [0.5, 0.6) is 0 Å². The van der Waals surface area contributed by atoms with Gasteiger partial charge < -0.3 is 5.32 Å². The third-order valence-corrected chi connectivity index (χ3v) is 4.54. The molecule has 22 heavy (non-hydrogen) atoms. The number of rotatable bonds is 4. The molecule has 0 radical (unpaired) electrons. The topological polar surface area (TPSA) is 29.1 Å². The molecule has 1 amide bonds. The van der Waals surface area contributed by atoms with Crippen molar-refractivity contribution in [2.75, 3.05) is 6.54 Å². The van der Waals surface area contributed by atoms with Crippen molar-refractivity contribution in [1.82, 2.24) is 5.32 Å². The summed E-state index contributed by atoms with van der Waals surface area (Å²) in [7, 11) is 0. The molecule has 2 aromatic carbocycles. The molecule has 0 fully saturated rings. The Balaban J connectivity index is 2.17. The average molecular weight is 291 g/mol. The third-order valence-electron chi connectivity index (χ3n) is 4.54. The number of carbonyl (C=O) groups is 1. The Labute approximate surface area is 131 Å². The summed E-state index contributed by atoms with van der Waals surface area (Å²) in [5.41, 5.74) is 2.92. The molecular weight excluding hydrogens is 270 g/mol. The Bertz CT molecular complexity index is 677. The van der Waals surface area contributed by atoms with Crippen LogP contribution in [0.2, 0.25) is 0 Å². The molecule has 1 atom stereocenters. The molecular formula is C20H21NO. The number of benzene rings is 2. The van der Waals surface area contributed by atoms with Gasteiger partial charge in [0.2, 0.25) is 5.91 Å². The van der Waals surface area contributed by atoms with Crippen LogP contribution in [0.15, 0.2) is 67.3 Å². The molecule has 0 heterocycles. The van der Waals surface area contributed by atoms with Gasteiger partial charge >= 0.3 is 0 Å². The van der Waals surface area contributed by atoms with Gasteiger partial charge in [-0.25, -0.2) is 0 Å². The van der Waals surface area contributed by atoms with E-state index in [1.165, 1.54) is 5.56 Å². The first kappa shape index (κ1) is 14.6. The van der Waals surface area contributed by atoms with E-state index in [9.17, 15) is 4.79 Å². The normalized spacial score (nSPS) is 20.0. The van der Waals surface area contributed by atoms with Gasteiger partial charge in [-0.15, -0.1) is 6.58 Å². The predicted molar refractivity (Wildman–Crippen MR) is 89.8 cm³/mol. The van der Waals surface area contributed by atoms with E-state index >= 15 is 0 Å². The highest BCUT2D eigenvalue weighted by Gasteiger charge is 2.44. The van der Waals surface area contributed by atoms with Crippen LogP contribution in [0.25, 0.3) is 0 Å². The number of nitrogens with one attached hydrogen (secondary N) is 1. The highest BCUT2D eigenvalue weighted by Crippen LogP contribution is 2.42. The molecule has 0 aliphatic heterocycles. The van der Waals surface area contributed by atoms with E-state index in [1.54, 1.807) is 6.08 Å². The minimum absolute atomic E-state index is 0.0748. The number of carbonyl (C=O) groups excluding carboxylic acids is 1. The second-order valence-electron chi connectivity index (χ2n) is 5.78. The van der Waals surface area contributed by atoms with Crippen LogP contribution in [0.4, 0.5) is 0 Å². The van der Waals surface area contributed by atoms with E-state index in [-0.39, 0.29) is 5.91 Å². The Morgan fingerprint density at radius 1 is 1.14 bits per heavy atom. The molecule has 2 heteroatoms. The smallest absolute Gasteiger partial charge is 0.235 e. The largest absolute Gasteiger partial charge is 0.352 e. The first-order chi connectivity index (χ1) is 10.8. The standard InChI is InChI=1S/C20H21NO/c1-2-15-21-19(22)20(17-11-4-3-5-12-17)14-8-10-16-9-6-7-13-18(16)20/h2-7,9,11-13H,1,8,10,14-15H2,(H,21,22)/t20-/m0/s1. The Hall–Kier alpha value is -2.35. The molecule has 1 N–H and O–H groups in total. The first-order valence-electron chi connectivity index (χ1n) is 7.82. The lowest BCUT2D eigenvalue weighted by Crippen LogP contribution is -2.47.